The van der Waals surface area contributed by atoms with Gasteiger partial charge >= 0.3 is 0 Å². The van der Waals surface area contributed by atoms with Gasteiger partial charge in [0, 0.05) is 5.75 Å². The van der Waals surface area contributed by atoms with E-state index in [4.69, 9.17) is 0 Å². The number of aromatic nitrogens is 4. The Kier molecular flexibility index (Phi) is 5.22. The molecule has 0 fully saturated rings. The number of benzene rings is 1. The molecule has 1 atom stereocenters. The van der Waals surface area contributed by atoms with Crippen molar-refractivity contribution in [1.29, 1.82) is 0 Å². The summed E-state index contributed by atoms with van der Waals surface area (Å²) in [6.45, 7) is 1.90. The van der Waals surface area contributed by atoms with Crippen molar-refractivity contribution in [2.45, 2.75) is 17.9 Å². The van der Waals surface area contributed by atoms with Crippen LogP contribution in [0.3, 0.4) is 0 Å². The second-order valence-corrected chi connectivity index (χ2v) is 6.50. The smallest absolute Gasteiger partial charge is 0.237 e. The maximum Gasteiger partial charge on any atom is 0.237 e. The third-order valence-electron chi connectivity index (χ3n) is 3.38. The molecule has 122 valence electrons. The number of carbonyl (C=O) groups excluding carboxylic acids is 1. The molecule has 0 spiro atoms. The Hall–Kier alpha value is -2.67. The number of hydrogen-bond donors (Lipinski definition) is 1. The lowest BCUT2D eigenvalue weighted by molar-refractivity contribution is -0.115. The van der Waals surface area contributed by atoms with Crippen LogP contribution in [0.25, 0.3) is 5.82 Å². The predicted molar refractivity (Wildman–Crippen MR) is 95.0 cm³/mol. The first-order valence-corrected chi connectivity index (χ1v) is 8.55. The summed E-state index contributed by atoms with van der Waals surface area (Å²) in [4.78, 5) is 20.4. The normalized spacial score (nSPS) is 11.9. The lowest BCUT2D eigenvalue weighted by Crippen LogP contribution is -2.22. The maximum atomic E-state index is 12.3. The quantitative estimate of drug-likeness (QED) is 0.747. The van der Waals surface area contributed by atoms with Gasteiger partial charge in [0.2, 0.25) is 5.91 Å². The van der Waals surface area contributed by atoms with E-state index in [-0.39, 0.29) is 11.2 Å². The molecule has 0 unspecified atom stereocenters. The van der Waals surface area contributed by atoms with Crippen LogP contribution in [-0.2, 0) is 10.5 Å². The molecule has 2 aromatic heterocycles. The highest BCUT2D eigenvalue weighted by Crippen LogP contribution is 2.19. The Morgan fingerprint density at radius 2 is 2.08 bits per heavy atom. The molecule has 1 N–H and O–H groups in total. The summed E-state index contributed by atoms with van der Waals surface area (Å²) in [5, 5.41) is 6.74. The average molecular weight is 339 g/mol. The number of carbonyl (C=O) groups is 1. The van der Waals surface area contributed by atoms with Gasteiger partial charge in [0.25, 0.3) is 0 Å². The summed E-state index contributed by atoms with van der Waals surface area (Å²) in [5.74, 6) is 1.42. The van der Waals surface area contributed by atoms with Crippen LogP contribution in [0.15, 0.2) is 61.3 Å². The Labute approximate surface area is 144 Å². The summed E-state index contributed by atoms with van der Waals surface area (Å²) in [6, 6.07) is 13.7. The first-order chi connectivity index (χ1) is 11.7. The van der Waals surface area contributed by atoms with Crippen LogP contribution < -0.4 is 5.32 Å². The summed E-state index contributed by atoms with van der Waals surface area (Å²) in [6.07, 6.45) is 4.63. The zero-order chi connectivity index (χ0) is 16.8. The van der Waals surface area contributed by atoms with Crippen LogP contribution in [0.5, 0.6) is 0 Å². The largest absolute Gasteiger partial charge is 0.324 e. The average Bonchev–Trinajstić information content (AvgIpc) is 3.16. The Balaban J connectivity index is 1.54. The van der Waals surface area contributed by atoms with Crippen molar-refractivity contribution in [3.8, 4) is 5.82 Å². The molecule has 3 aromatic rings. The van der Waals surface area contributed by atoms with Crippen molar-refractivity contribution in [3.63, 3.8) is 0 Å². The molecule has 7 heteroatoms. The molecule has 0 aliphatic carbocycles. The molecule has 0 aliphatic heterocycles. The van der Waals surface area contributed by atoms with E-state index in [0.717, 1.165) is 5.75 Å². The fourth-order valence-corrected chi connectivity index (χ4v) is 2.88. The van der Waals surface area contributed by atoms with Crippen LogP contribution in [0.2, 0.25) is 0 Å². The van der Waals surface area contributed by atoms with Crippen molar-refractivity contribution >= 4 is 23.4 Å². The summed E-state index contributed by atoms with van der Waals surface area (Å²) in [5.41, 5.74) is 1.87. The fraction of sp³-hybridized carbons (Fsp3) is 0.176. The highest BCUT2D eigenvalue weighted by molar-refractivity contribution is 7.99. The molecule has 3 rings (SSSR count). The van der Waals surface area contributed by atoms with E-state index < -0.39 is 0 Å². The zero-order valence-electron chi connectivity index (χ0n) is 13.2. The number of hydrogen-bond acceptors (Lipinski definition) is 5. The maximum absolute atomic E-state index is 12.3. The van der Waals surface area contributed by atoms with E-state index in [1.807, 2.05) is 25.1 Å². The van der Waals surface area contributed by atoms with Gasteiger partial charge in [0.05, 0.1) is 17.1 Å². The summed E-state index contributed by atoms with van der Waals surface area (Å²) in [7, 11) is 0. The van der Waals surface area contributed by atoms with Crippen LogP contribution in [0.1, 0.15) is 12.5 Å². The van der Waals surface area contributed by atoms with Crippen molar-refractivity contribution < 1.29 is 4.79 Å². The van der Waals surface area contributed by atoms with Gasteiger partial charge in [-0.2, -0.15) is 5.10 Å². The lowest BCUT2D eigenvalue weighted by atomic mass is 10.2. The van der Waals surface area contributed by atoms with E-state index in [2.05, 4.69) is 32.5 Å². The van der Waals surface area contributed by atoms with E-state index in [0.29, 0.717) is 11.5 Å². The third kappa shape index (κ3) is 4.20. The second-order valence-electron chi connectivity index (χ2n) is 5.17. The molecule has 0 saturated carbocycles. The number of pyridine rings is 1. The van der Waals surface area contributed by atoms with Gasteiger partial charge in [-0.15, -0.1) is 11.8 Å². The van der Waals surface area contributed by atoms with Crippen molar-refractivity contribution in [1.82, 2.24) is 19.7 Å². The number of anilines is 1. The monoisotopic (exact) mass is 339 g/mol. The minimum atomic E-state index is -0.153. The molecule has 1 amide bonds. The zero-order valence-corrected chi connectivity index (χ0v) is 14.0. The Morgan fingerprint density at radius 1 is 1.25 bits per heavy atom. The number of nitrogens with one attached hydrogen (secondary N) is 1. The third-order valence-corrected chi connectivity index (χ3v) is 4.60. The van der Waals surface area contributed by atoms with Crippen LogP contribution in [-0.4, -0.2) is 30.9 Å². The van der Waals surface area contributed by atoms with Gasteiger partial charge in [0.15, 0.2) is 5.82 Å². The first kappa shape index (κ1) is 16.2. The van der Waals surface area contributed by atoms with Crippen LogP contribution in [0, 0.1) is 0 Å². The molecule has 6 nitrogen and oxygen atoms in total. The topological polar surface area (TPSA) is 72.7 Å². The van der Waals surface area contributed by atoms with Gasteiger partial charge in [0.1, 0.15) is 12.7 Å². The van der Waals surface area contributed by atoms with Gasteiger partial charge in [-0.05, 0) is 24.6 Å². The predicted octanol–water partition coefficient (Wildman–Crippen LogP) is 2.92. The molecular weight excluding hydrogens is 322 g/mol. The molecular formula is C17H17N5OS. The molecule has 0 bridgehead atoms. The lowest BCUT2D eigenvalue weighted by Gasteiger charge is -2.12. The second kappa shape index (κ2) is 7.74. The van der Waals surface area contributed by atoms with Gasteiger partial charge < -0.3 is 5.32 Å². The number of rotatable bonds is 6. The summed E-state index contributed by atoms with van der Waals surface area (Å²) < 4.78 is 1.56. The Morgan fingerprint density at radius 3 is 2.75 bits per heavy atom. The van der Waals surface area contributed by atoms with E-state index in [1.54, 1.807) is 41.1 Å². The van der Waals surface area contributed by atoms with Crippen LogP contribution in [0.4, 0.5) is 5.69 Å². The van der Waals surface area contributed by atoms with Gasteiger partial charge in [-0.3, -0.25) is 4.79 Å². The SMILES string of the molecule is C[C@H](SCc1ccccc1)C(=O)Nc1ccc(-n2cncn2)nc1. The minimum absolute atomic E-state index is 0.0359. The fourth-order valence-electron chi connectivity index (χ4n) is 2.04. The molecule has 1 aromatic carbocycles. The Bertz CT molecular complexity index is 775. The molecule has 2 heterocycles. The van der Waals surface area contributed by atoms with Crippen molar-refractivity contribution in [3.05, 3.63) is 66.9 Å². The van der Waals surface area contributed by atoms with E-state index >= 15 is 0 Å². The summed E-state index contributed by atoms with van der Waals surface area (Å²) >= 11 is 1.60. The van der Waals surface area contributed by atoms with Crippen LogP contribution >= 0.6 is 11.8 Å². The first-order valence-electron chi connectivity index (χ1n) is 7.50. The number of thioether (sulfide) groups is 1. The molecule has 0 aliphatic rings. The molecule has 0 radical (unpaired) electrons. The van der Waals surface area contributed by atoms with E-state index in [9.17, 15) is 4.79 Å². The van der Waals surface area contributed by atoms with Crippen molar-refractivity contribution in [2.75, 3.05) is 5.32 Å². The van der Waals surface area contributed by atoms with E-state index in [1.165, 1.54) is 11.9 Å². The highest BCUT2D eigenvalue weighted by Gasteiger charge is 2.14. The standard InChI is InChI=1S/C17H17N5OS/c1-13(24-10-14-5-3-2-4-6-14)17(23)21-15-7-8-16(19-9-15)22-12-18-11-20-22/h2-9,11-13H,10H2,1H3,(H,21,23)/t13-/m0/s1. The van der Waals surface area contributed by atoms with Gasteiger partial charge in [-0.25, -0.2) is 14.6 Å². The highest BCUT2D eigenvalue weighted by atomic mass is 32.2. The number of nitrogens with zero attached hydrogens (tertiary/aromatic N) is 4. The van der Waals surface area contributed by atoms with Gasteiger partial charge in [-0.1, -0.05) is 30.3 Å². The molecule has 0 saturated heterocycles. The van der Waals surface area contributed by atoms with Crippen molar-refractivity contribution in [2.24, 2.45) is 0 Å². The molecule has 24 heavy (non-hydrogen) atoms. The number of amides is 1. The minimum Gasteiger partial charge on any atom is -0.324 e.